The molecule has 0 spiro atoms. The van der Waals surface area contributed by atoms with Crippen molar-refractivity contribution >= 4 is 39.5 Å². The molecular formula is C42H44FN3O4S. The summed E-state index contributed by atoms with van der Waals surface area (Å²) in [5.41, 5.74) is 5.09. The van der Waals surface area contributed by atoms with Crippen LogP contribution in [0.25, 0.3) is 32.9 Å². The molecule has 9 heteroatoms. The maximum atomic E-state index is 14.0. The molecule has 3 aromatic heterocycles. The molecule has 51 heavy (non-hydrogen) atoms. The van der Waals surface area contributed by atoms with Crippen LogP contribution in [0.2, 0.25) is 0 Å². The summed E-state index contributed by atoms with van der Waals surface area (Å²) in [6.45, 7) is 12.9. The molecule has 6 aromatic rings. The molecule has 0 saturated carbocycles. The minimum atomic E-state index is -0.844. The third-order valence-electron chi connectivity index (χ3n) is 8.64. The number of benzene rings is 3. The second kappa shape index (κ2) is 14.8. The van der Waals surface area contributed by atoms with E-state index in [2.05, 4.69) is 66.7 Å². The predicted octanol–water partition coefficient (Wildman–Crippen LogP) is 10.2. The van der Waals surface area contributed by atoms with Crippen LogP contribution in [0, 0.1) is 11.2 Å². The van der Waals surface area contributed by atoms with E-state index >= 15 is 0 Å². The Morgan fingerprint density at radius 1 is 0.922 bits per heavy atom. The van der Waals surface area contributed by atoms with Crippen molar-refractivity contribution in [2.45, 2.75) is 64.7 Å². The normalized spacial score (nSPS) is 12.6. The number of carbonyl (C=O) groups is 1. The first-order valence-corrected chi connectivity index (χ1v) is 18.0. The molecule has 0 aliphatic rings. The van der Waals surface area contributed by atoms with E-state index in [0.717, 1.165) is 44.4 Å². The summed E-state index contributed by atoms with van der Waals surface area (Å²) in [6, 6.07) is 28.9. The van der Waals surface area contributed by atoms with E-state index in [9.17, 15) is 9.18 Å². The molecule has 1 atom stereocenters. The number of esters is 1. The zero-order chi connectivity index (χ0) is 36.3. The van der Waals surface area contributed by atoms with Crippen LogP contribution in [0.15, 0.2) is 97.2 Å². The van der Waals surface area contributed by atoms with E-state index in [0.29, 0.717) is 36.7 Å². The Morgan fingerprint density at radius 3 is 2.35 bits per heavy atom. The van der Waals surface area contributed by atoms with Crippen molar-refractivity contribution < 1.29 is 23.4 Å². The summed E-state index contributed by atoms with van der Waals surface area (Å²) in [7, 11) is 1.60. The summed E-state index contributed by atoms with van der Waals surface area (Å²) in [6.07, 6.45) is 2.18. The van der Waals surface area contributed by atoms with Crippen molar-refractivity contribution in [2.75, 3.05) is 13.7 Å². The van der Waals surface area contributed by atoms with Gasteiger partial charge in [0, 0.05) is 46.3 Å². The Morgan fingerprint density at radius 2 is 1.67 bits per heavy atom. The fourth-order valence-corrected chi connectivity index (χ4v) is 7.14. The van der Waals surface area contributed by atoms with Crippen molar-refractivity contribution in [3.63, 3.8) is 0 Å². The van der Waals surface area contributed by atoms with Gasteiger partial charge in [0.05, 0.1) is 41.6 Å². The topological polar surface area (TPSA) is 75.5 Å². The van der Waals surface area contributed by atoms with Crippen molar-refractivity contribution in [1.82, 2.24) is 14.5 Å². The van der Waals surface area contributed by atoms with Crippen LogP contribution in [-0.4, -0.2) is 39.0 Å². The Hall–Kier alpha value is -4.89. The second-order valence-electron chi connectivity index (χ2n) is 14.2. The average Bonchev–Trinajstić information content (AvgIpc) is 3.38. The number of nitrogens with zero attached hydrogens (tertiary/aromatic N) is 3. The zero-order valence-electron chi connectivity index (χ0n) is 30.2. The molecule has 0 bridgehead atoms. The van der Waals surface area contributed by atoms with Crippen molar-refractivity contribution in [3.05, 3.63) is 120 Å². The minimum absolute atomic E-state index is 0.187. The molecule has 3 heterocycles. The fourth-order valence-electron chi connectivity index (χ4n) is 6.10. The molecule has 0 saturated heterocycles. The van der Waals surface area contributed by atoms with Crippen LogP contribution in [-0.2, 0) is 22.5 Å². The molecule has 1 unspecified atom stereocenters. The Kier molecular flexibility index (Phi) is 10.4. The van der Waals surface area contributed by atoms with Gasteiger partial charge in [0.2, 0.25) is 5.88 Å². The number of halogens is 1. The number of methoxy groups -OCH3 is 1. The third-order valence-corrected chi connectivity index (χ3v) is 9.90. The largest absolute Gasteiger partial charge is 0.481 e. The quantitative estimate of drug-likeness (QED) is 0.0927. The minimum Gasteiger partial charge on any atom is -0.481 e. The van der Waals surface area contributed by atoms with Crippen LogP contribution in [0.5, 0.6) is 11.6 Å². The smallest absolute Gasteiger partial charge is 0.311 e. The third kappa shape index (κ3) is 8.20. The van der Waals surface area contributed by atoms with Crippen LogP contribution >= 0.6 is 11.8 Å². The number of para-hydroxylation sites is 1. The lowest BCUT2D eigenvalue weighted by atomic mass is 9.87. The van der Waals surface area contributed by atoms with Crippen LogP contribution < -0.4 is 9.47 Å². The number of aromatic nitrogens is 3. The molecular weight excluding hydrogens is 662 g/mol. The fraction of sp³-hybridized carbons (Fsp3) is 0.310. The first-order chi connectivity index (χ1) is 24.3. The highest BCUT2D eigenvalue weighted by Gasteiger charge is 2.35. The first kappa shape index (κ1) is 35.9. The van der Waals surface area contributed by atoms with Crippen LogP contribution in [0.4, 0.5) is 4.39 Å². The number of thioether (sulfide) groups is 1. The van der Waals surface area contributed by atoms with Gasteiger partial charge in [-0.2, -0.15) is 0 Å². The van der Waals surface area contributed by atoms with Gasteiger partial charge in [0.15, 0.2) is 5.44 Å². The summed E-state index contributed by atoms with van der Waals surface area (Å²) >= 11 is 1.65. The summed E-state index contributed by atoms with van der Waals surface area (Å²) in [5, 5.41) is 1.66. The van der Waals surface area contributed by atoms with E-state index < -0.39 is 10.9 Å². The number of pyridine rings is 2. The van der Waals surface area contributed by atoms with E-state index in [4.69, 9.17) is 19.2 Å². The molecule has 0 fully saturated rings. The van der Waals surface area contributed by atoms with E-state index in [1.54, 1.807) is 31.1 Å². The number of rotatable bonds is 12. The van der Waals surface area contributed by atoms with E-state index in [1.165, 1.54) is 12.1 Å². The van der Waals surface area contributed by atoms with Gasteiger partial charge in [0.25, 0.3) is 0 Å². The molecule has 0 N–H and O–H groups in total. The zero-order valence-corrected chi connectivity index (χ0v) is 31.0. The highest BCUT2D eigenvalue weighted by atomic mass is 32.2. The van der Waals surface area contributed by atoms with Gasteiger partial charge in [-0.15, -0.1) is 11.8 Å². The lowest BCUT2D eigenvalue weighted by Gasteiger charge is -2.28. The highest BCUT2D eigenvalue weighted by Crippen LogP contribution is 2.45. The van der Waals surface area contributed by atoms with Crippen LogP contribution in [0.3, 0.4) is 0 Å². The SMILES string of the molecule is CCOC(=O)C(C)(C)Cc1c(OC(SC(C)(C)C)c2ccc3cc(F)ccc3n2)c2ccccc2n1Cc1ccc(-c2ccc(OC)nc2)cc1. The maximum Gasteiger partial charge on any atom is 0.311 e. The Balaban J connectivity index is 1.45. The number of carbonyl (C=O) groups excluding carboxylic acids is 1. The van der Waals surface area contributed by atoms with Gasteiger partial charge < -0.3 is 18.8 Å². The second-order valence-corrected chi connectivity index (χ2v) is 16.1. The maximum absolute atomic E-state index is 14.0. The number of hydrogen-bond acceptors (Lipinski definition) is 7. The van der Waals surface area contributed by atoms with Crippen LogP contribution in [0.1, 0.15) is 63.9 Å². The van der Waals surface area contributed by atoms with E-state index in [1.807, 2.05) is 57.2 Å². The summed E-state index contributed by atoms with van der Waals surface area (Å²) in [4.78, 5) is 22.6. The van der Waals surface area contributed by atoms with Gasteiger partial charge >= 0.3 is 5.97 Å². The Labute approximate surface area is 303 Å². The monoisotopic (exact) mass is 705 g/mol. The number of ether oxygens (including phenoxy) is 3. The van der Waals surface area contributed by atoms with Crippen molar-refractivity contribution in [1.29, 1.82) is 0 Å². The molecule has 0 radical (unpaired) electrons. The summed E-state index contributed by atoms with van der Waals surface area (Å²) in [5.74, 6) is 0.699. The number of hydrogen-bond donors (Lipinski definition) is 0. The lowest BCUT2D eigenvalue weighted by Crippen LogP contribution is -2.30. The van der Waals surface area contributed by atoms with Gasteiger partial charge in [-0.25, -0.2) is 14.4 Å². The van der Waals surface area contributed by atoms with Gasteiger partial charge in [-0.3, -0.25) is 4.79 Å². The molecule has 264 valence electrons. The average molecular weight is 706 g/mol. The van der Waals surface area contributed by atoms with Gasteiger partial charge in [-0.05, 0) is 74.4 Å². The summed E-state index contributed by atoms with van der Waals surface area (Å²) < 4.78 is 34.0. The molecule has 7 nitrogen and oxygen atoms in total. The highest BCUT2D eigenvalue weighted by molar-refractivity contribution is 8.00. The van der Waals surface area contributed by atoms with Crippen molar-refractivity contribution in [3.8, 4) is 22.8 Å². The van der Waals surface area contributed by atoms with Gasteiger partial charge in [-0.1, -0.05) is 63.2 Å². The first-order valence-electron chi connectivity index (χ1n) is 17.1. The molecule has 6 rings (SSSR count). The lowest BCUT2D eigenvalue weighted by molar-refractivity contribution is -0.153. The predicted molar refractivity (Wildman–Crippen MR) is 204 cm³/mol. The van der Waals surface area contributed by atoms with Crippen molar-refractivity contribution in [2.24, 2.45) is 5.41 Å². The number of fused-ring (bicyclic) bond motifs is 2. The standard InChI is InChI=1S/C42H44FN3O4S/c1-8-49-40(47)42(5,6)24-36-38(50-39(51-41(2,3)4)34-20-17-29-23-31(43)19-21-33(29)45-34)32-11-9-10-12-35(32)46(36)26-27-13-15-28(16-14-27)30-18-22-37(48-7)44-25-30/h9-23,25,39H,8,24,26H2,1-7H3. The molecule has 3 aromatic carbocycles. The Bertz CT molecular complexity index is 2150. The van der Waals surface area contributed by atoms with E-state index in [-0.39, 0.29) is 16.5 Å². The molecule has 0 amide bonds. The molecule has 0 aliphatic carbocycles. The molecule has 0 aliphatic heterocycles. The van der Waals surface area contributed by atoms with Gasteiger partial charge in [0.1, 0.15) is 11.6 Å².